The van der Waals surface area contributed by atoms with Crippen molar-refractivity contribution in [3.05, 3.63) is 122 Å². The molecule has 2 aliphatic rings. The third-order valence-corrected chi connectivity index (χ3v) is 14.7. The Hall–Kier alpha value is -7.60. The third-order valence-electron chi connectivity index (χ3n) is 13.7. The molecule has 1 aromatic heterocycles. The first-order chi connectivity index (χ1) is 38.8. The predicted octanol–water partition coefficient (Wildman–Crippen LogP) is 12.2. The molecule has 2 saturated carbocycles. The van der Waals surface area contributed by atoms with Gasteiger partial charge in [0.05, 0.1) is 66.5 Å². The Morgan fingerprint density at radius 3 is 1.70 bits per heavy atom. The topological polar surface area (TPSA) is 205 Å². The molecule has 80 heavy (non-hydrogen) atoms. The summed E-state index contributed by atoms with van der Waals surface area (Å²) >= 11 is 1.50. The number of fused-ring (bicyclic) bond motifs is 1. The van der Waals surface area contributed by atoms with E-state index >= 15 is 0 Å². The van der Waals surface area contributed by atoms with Gasteiger partial charge >= 0.3 is 35.8 Å². The zero-order valence-electron chi connectivity index (χ0n) is 46.1. The van der Waals surface area contributed by atoms with E-state index in [0.29, 0.717) is 112 Å². The summed E-state index contributed by atoms with van der Waals surface area (Å²) in [5, 5.41) is 7.17. The number of ether oxygens (including phenoxy) is 8. The van der Waals surface area contributed by atoms with E-state index in [2.05, 4.69) is 19.7 Å². The zero-order valence-corrected chi connectivity index (χ0v) is 46.9. The Bertz CT molecular complexity index is 2740. The molecule has 2 fully saturated rings. The molecule has 1 unspecified atom stereocenters. The number of hydrogen-bond donors (Lipinski definition) is 0. The highest BCUT2D eigenvalue weighted by atomic mass is 32.1. The Kier molecular flexibility index (Phi) is 25.5. The third kappa shape index (κ3) is 20.6. The van der Waals surface area contributed by atoms with Gasteiger partial charge in [0, 0.05) is 24.3 Å². The molecule has 4 aromatic rings. The largest absolute Gasteiger partial charge is 0.494 e. The summed E-state index contributed by atoms with van der Waals surface area (Å²) in [4.78, 5) is 80.8. The lowest BCUT2D eigenvalue weighted by Crippen LogP contribution is -2.30. The van der Waals surface area contributed by atoms with Crippen molar-refractivity contribution < 1.29 is 66.7 Å². The van der Waals surface area contributed by atoms with Crippen molar-refractivity contribution in [2.24, 2.45) is 28.8 Å². The average Bonchev–Trinajstić information content (AvgIpc) is 3.91. The Balaban J connectivity index is 0.968. The zero-order chi connectivity index (χ0) is 57.1. The van der Waals surface area contributed by atoms with Crippen LogP contribution in [0.25, 0.3) is 10.2 Å². The maximum Gasteiger partial charge on any atom is 0.330 e. The molecule has 0 N–H and O–H groups in total. The van der Waals surface area contributed by atoms with Gasteiger partial charge in [0.15, 0.2) is 0 Å². The SMILES string of the molecule is C=CC(=O)OCCCCCCOC(=C)/C=C\C(C)OC(=O)[C@H]1CC[C@H](C(=O)Oc2ccc(OC(=O)[C@H]3CC[C@H](C(=O)Oc4ccc(OCCCCCCOC(=O)C=C)cc4)CC3)cc2/C=N/N(CC)c2nc3ccccc3s2)CC1. The number of unbranched alkanes of at least 4 members (excludes halogenated alkanes) is 6. The van der Waals surface area contributed by atoms with E-state index in [4.69, 9.17) is 48.0 Å². The molecule has 0 amide bonds. The van der Waals surface area contributed by atoms with Crippen LogP contribution in [0.15, 0.2) is 122 Å². The summed E-state index contributed by atoms with van der Waals surface area (Å²) in [6.07, 6.45) is 17.2. The number of thiazole rings is 1. The van der Waals surface area contributed by atoms with E-state index in [1.165, 1.54) is 11.3 Å². The Morgan fingerprint density at radius 2 is 1.14 bits per heavy atom. The van der Waals surface area contributed by atoms with Crippen LogP contribution in [0.3, 0.4) is 0 Å². The quantitative estimate of drug-likeness (QED) is 0.00513. The molecule has 18 heteroatoms. The molecule has 0 aliphatic heterocycles. The van der Waals surface area contributed by atoms with Crippen LogP contribution in [0.5, 0.6) is 23.0 Å². The van der Waals surface area contributed by atoms with E-state index < -0.39 is 41.8 Å². The molecule has 0 saturated heterocycles. The number of benzene rings is 3. The summed E-state index contributed by atoms with van der Waals surface area (Å²) in [7, 11) is 0. The average molecular weight is 1120 g/mol. The molecule has 2 aliphatic carbocycles. The number of esters is 6. The van der Waals surface area contributed by atoms with Crippen molar-refractivity contribution in [2.75, 3.05) is 38.0 Å². The predicted molar refractivity (Wildman–Crippen MR) is 305 cm³/mol. The minimum absolute atomic E-state index is 0.227. The fourth-order valence-corrected chi connectivity index (χ4v) is 10.0. The molecule has 3 aromatic carbocycles. The fraction of sp³-hybridized carbons (Fsp3) is 0.452. The lowest BCUT2D eigenvalue weighted by molar-refractivity contribution is -0.154. The normalized spacial score (nSPS) is 17.4. The highest BCUT2D eigenvalue weighted by molar-refractivity contribution is 7.22. The van der Waals surface area contributed by atoms with E-state index in [0.717, 1.165) is 73.7 Å². The summed E-state index contributed by atoms with van der Waals surface area (Å²) < 4.78 is 45.9. The van der Waals surface area contributed by atoms with Crippen LogP contribution in [-0.2, 0) is 47.7 Å². The first-order valence-electron chi connectivity index (χ1n) is 27.8. The molecule has 0 spiro atoms. The second-order valence-electron chi connectivity index (χ2n) is 19.7. The highest BCUT2D eigenvalue weighted by Gasteiger charge is 2.34. The van der Waals surface area contributed by atoms with Crippen LogP contribution in [0.4, 0.5) is 5.13 Å². The van der Waals surface area contributed by atoms with Crippen molar-refractivity contribution in [1.82, 2.24) is 4.98 Å². The maximum atomic E-state index is 13.8. The number of aromatic nitrogens is 1. The summed E-state index contributed by atoms with van der Waals surface area (Å²) in [6.45, 7) is 16.7. The molecular formula is C62H75N3O14S. The number of rotatable bonds is 32. The van der Waals surface area contributed by atoms with Gasteiger partial charge in [-0.1, -0.05) is 43.2 Å². The van der Waals surface area contributed by atoms with Crippen LogP contribution < -0.4 is 24.0 Å². The number of nitrogens with zero attached hydrogens (tertiary/aromatic N) is 3. The van der Waals surface area contributed by atoms with Gasteiger partial charge in [-0.05, 0) is 183 Å². The van der Waals surface area contributed by atoms with Gasteiger partial charge in [-0.3, -0.25) is 19.2 Å². The van der Waals surface area contributed by atoms with Crippen molar-refractivity contribution in [2.45, 2.75) is 123 Å². The van der Waals surface area contributed by atoms with Crippen LogP contribution in [0.1, 0.15) is 122 Å². The van der Waals surface area contributed by atoms with Crippen LogP contribution >= 0.6 is 11.3 Å². The number of para-hydroxylation sites is 1. The van der Waals surface area contributed by atoms with Gasteiger partial charge < -0.3 is 37.9 Å². The minimum atomic E-state index is -0.517. The van der Waals surface area contributed by atoms with Gasteiger partial charge in [-0.25, -0.2) is 19.6 Å². The summed E-state index contributed by atoms with van der Waals surface area (Å²) in [5.41, 5.74) is 1.25. The van der Waals surface area contributed by atoms with E-state index in [9.17, 15) is 28.8 Å². The number of carbonyl (C=O) groups excluding carboxylic acids is 6. The van der Waals surface area contributed by atoms with Gasteiger partial charge in [-0.2, -0.15) is 5.10 Å². The van der Waals surface area contributed by atoms with Crippen LogP contribution in [0.2, 0.25) is 0 Å². The lowest BCUT2D eigenvalue weighted by atomic mass is 9.82. The van der Waals surface area contributed by atoms with E-state index in [-0.39, 0.29) is 35.3 Å². The first kappa shape index (κ1) is 61.6. The summed E-state index contributed by atoms with van der Waals surface area (Å²) in [5.74, 6) is -2.04. The van der Waals surface area contributed by atoms with Crippen LogP contribution in [-0.4, -0.2) is 86.1 Å². The summed E-state index contributed by atoms with van der Waals surface area (Å²) in [6, 6.07) is 19.5. The van der Waals surface area contributed by atoms with Crippen molar-refractivity contribution in [3.8, 4) is 23.0 Å². The lowest BCUT2D eigenvalue weighted by Gasteiger charge is -2.27. The van der Waals surface area contributed by atoms with Crippen molar-refractivity contribution in [1.29, 1.82) is 0 Å². The number of allylic oxidation sites excluding steroid dienone is 1. The highest BCUT2D eigenvalue weighted by Crippen LogP contribution is 2.35. The molecule has 1 heterocycles. The minimum Gasteiger partial charge on any atom is -0.494 e. The smallest absolute Gasteiger partial charge is 0.330 e. The van der Waals surface area contributed by atoms with E-state index in [1.54, 1.807) is 72.8 Å². The molecule has 6 rings (SSSR count). The van der Waals surface area contributed by atoms with Gasteiger partial charge in [0.25, 0.3) is 0 Å². The van der Waals surface area contributed by atoms with Crippen molar-refractivity contribution >= 4 is 68.7 Å². The van der Waals surface area contributed by atoms with Gasteiger partial charge in [0.2, 0.25) is 5.13 Å². The number of carbonyl (C=O) groups is 6. The maximum absolute atomic E-state index is 13.8. The van der Waals surface area contributed by atoms with Gasteiger partial charge in [0.1, 0.15) is 34.9 Å². The number of hydrazone groups is 1. The van der Waals surface area contributed by atoms with Crippen LogP contribution in [0, 0.1) is 23.7 Å². The Morgan fingerprint density at radius 1 is 0.637 bits per heavy atom. The Labute approximate surface area is 473 Å². The second-order valence-corrected chi connectivity index (χ2v) is 20.7. The molecule has 1 atom stereocenters. The molecular weight excluding hydrogens is 1040 g/mol. The van der Waals surface area contributed by atoms with Crippen molar-refractivity contribution in [3.63, 3.8) is 0 Å². The van der Waals surface area contributed by atoms with Gasteiger partial charge in [-0.15, -0.1) is 0 Å². The monoisotopic (exact) mass is 1120 g/mol. The molecule has 0 bridgehead atoms. The molecule has 0 radical (unpaired) electrons. The second kappa shape index (κ2) is 33.1. The number of anilines is 1. The first-order valence-corrected chi connectivity index (χ1v) is 28.6. The molecule has 17 nitrogen and oxygen atoms in total. The standard InChI is InChI=1S/C62H75N3O14S/c1-6-56(66)74-39-17-11-9-15-37-72-43(4)21-22-44(5)76-58(68)45-23-29-48(30-24-45)61(71)79-54-36-35-52(41-49(54)42-63-65(8-3)62-64-53-19-13-14-20-55(53)80-62)78-60(70)47-27-25-46(26-28-47)59(69)77-51-33-31-50(32-34-51)73-38-16-10-12-18-40-75-57(67)7-2/h6-7,13-14,19-22,31-36,41-42,44-48H,1-2,4,8-12,15-18,23-30,37-40H2,3,5H3/b22-21-,63-42+/t44?,45-,46-,47-,48-. The molecule has 428 valence electrons. The fourth-order valence-electron chi connectivity index (χ4n) is 9.06. The number of hydrogen-bond acceptors (Lipinski definition) is 18. The van der Waals surface area contributed by atoms with E-state index in [1.807, 2.05) is 31.2 Å².